The Kier molecular flexibility index (Phi) is 5.34. The van der Waals surface area contributed by atoms with Crippen LogP contribution in [0.25, 0.3) is 6.08 Å². The van der Waals surface area contributed by atoms with Gasteiger partial charge in [0, 0.05) is 11.0 Å². The number of benzene rings is 1. The van der Waals surface area contributed by atoms with E-state index in [0.717, 1.165) is 0 Å². The lowest BCUT2D eigenvalue weighted by Crippen LogP contribution is -2.46. The molecule has 1 amide bonds. The average molecular weight is 379 g/mol. The van der Waals surface area contributed by atoms with Crippen molar-refractivity contribution in [1.82, 2.24) is 5.32 Å². The second-order valence-electron chi connectivity index (χ2n) is 5.84. The van der Waals surface area contributed by atoms with Gasteiger partial charge in [0.1, 0.15) is 0 Å². The van der Waals surface area contributed by atoms with Crippen LogP contribution in [0.1, 0.15) is 18.9 Å². The number of amides is 1. The minimum absolute atomic E-state index is 0.0474. The van der Waals surface area contributed by atoms with Crippen LogP contribution in [0.2, 0.25) is 0 Å². The summed E-state index contributed by atoms with van der Waals surface area (Å²) in [5, 5.41) is 2.67. The first kappa shape index (κ1) is 18.9. The first-order valence-corrected chi connectivity index (χ1v) is 9.67. The van der Waals surface area contributed by atoms with Gasteiger partial charge in [-0.05, 0) is 48.9 Å². The van der Waals surface area contributed by atoms with Gasteiger partial charge in [0.05, 0.1) is 17.0 Å². The molecule has 1 N–H and O–H groups in total. The second-order valence-corrected chi connectivity index (χ2v) is 9.16. The van der Waals surface area contributed by atoms with Gasteiger partial charge in [0.15, 0.2) is 9.84 Å². The third kappa shape index (κ3) is 5.86. The van der Waals surface area contributed by atoms with Crippen LogP contribution in [-0.4, -0.2) is 36.9 Å². The highest BCUT2D eigenvalue weighted by atomic mass is 32.2. The minimum Gasteiger partial charge on any atom is -0.346 e. The first-order chi connectivity index (χ1) is 11.0. The van der Waals surface area contributed by atoms with E-state index in [2.05, 4.69) is 5.32 Å². The summed E-state index contributed by atoms with van der Waals surface area (Å²) in [6, 6.07) is 5.58. The Morgan fingerprint density at radius 1 is 1.29 bits per heavy atom. The van der Waals surface area contributed by atoms with Gasteiger partial charge in [0.25, 0.3) is 0 Å². The number of hydrogen-bond acceptors (Lipinski definition) is 4. The summed E-state index contributed by atoms with van der Waals surface area (Å²) in [6.07, 6.45) is 3.06. The Labute approximate surface area is 142 Å². The van der Waals surface area contributed by atoms with Crippen molar-refractivity contribution in [2.75, 3.05) is 11.5 Å². The molecule has 0 aromatic heterocycles. The Bertz CT molecular complexity index is 742. The van der Waals surface area contributed by atoms with Gasteiger partial charge in [-0.2, -0.15) is 13.2 Å². The van der Waals surface area contributed by atoms with Crippen molar-refractivity contribution >= 4 is 33.6 Å². The van der Waals surface area contributed by atoms with Crippen LogP contribution in [-0.2, 0) is 14.6 Å². The Hall–Kier alpha value is -1.48. The molecule has 1 saturated heterocycles. The maximum Gasteiger partial charge on any atom is 0.446 e. The number of carbonyl (C=O) groups is 1. The standard InChI is InChI=1S/C15H16F3NO3S2/c1-14(8-9-24(21,22)10-14)19-13(20)7-4-11-2-5-12(6-3-11)23-15(16,17)18/h2-7H,8-10H2,1H3,(H,19,20). The van der Waals surface area contributed by atoms with Crippen molar-refractivity contribution in [3.8, 4) is 0 Å². The van der Waals surface area contributed by atoms with E-state index in [9.17, 15) is 26.4 Å². The van der Waals surface area contributed by atoms with E-state index in [0.29, 0.717) is 12.0 Å². The number of thioether (sulfide) groups is 1. The summed E-state index contributed by atoms with van der Waals surface area (Å²) in [4.78, 5) is 12.0. The van der Waals surface area contributed by atoms with Crippen LogP contribution < -0.4 is 5.32 Å². The zero-order chi connectivity index (χ0) is 18.0. The van der Waals surface area contributed by atoms with E-state index in [-0.39, 0.29) is 28.2 Å². The molecule has 1 aliphatic heterocycles. The number of alkyl halides is 3. The Balaban J connectivity index is 1.94. The number of nitrogens with one attached hydrogen (secondary N) is 1. The molecule has 1 unspecified atom stereocenters. The molecule has 1 heterocycles. The largest absolute Gasteiger partial charge is 0.446 e. The molecule has 1 aromatic carbocycles. The van der Waals surface area contributed by atoms with Gasteiger partial charge in [-0.15, -0.1) is 0 Å². The van der Waals surface area contributed by atoms with Crippen LogP contribution in [0.3, 0.4) is 0 Å². The molecule has 132 valence electrons. The van der Waals surface area contributed by atoms with Crippen LogP contribution in [0.4, 0.5) is 13.2 Å². The zero-order valence-corrected chi connectivity index (χ0v) is 14.4. The topological polar surface area (TPSA) is 63.2 Å². The number of halogens is 3. The lowest BCUT2D eigenvalue weighted by atomic mass is 10.0. The molecule has 9 heteroatoms. The lowest BCUT2D eigenvalue weighted by molar-refractivity contribution is -0.117. The highest BCUT2D eigenvalue weighted by molar-refractivity contribution is 8.00. The fraction of sp³-hybridized carbons (Fsp3) is 0.400. The summed E-state index contributed by atoms with van der Waals surface area (Å²) < 4.78 is 59.7. The van der Waals surface area contributed by atoms with Crippen molar-refractivity contribution in [2.45, 2.75) is 29.3 Å². The summed E-state index contributed by atoms with van der Waals surface area (Å²) >= 11 is -0.206. The normalized spacial score (nSPS) is 23.5. The minimum atomic E-state index is -4.34. The van der Waals surface area contributed by atoms with Crippen LogP contribution in [0.15, 0.2) is 35.2 Å². The lowest BCUT2D eigenvalue weighted by Gasteiger charge is -2.22. The molecule has 24 heavy (non-hydrogen) atoms. The molecule has 0 bridgehead atoms. The van der Waals surface area contributed by atoms with Gasteiger partial charge >= 0.3 is 5.51 Å². The molecule has 0 radical (unpaired) electrons. The smallest absolute Gasteiger partial charge is 0.346 e. The van der Waals surface area contributed by atoms with Crippen molar-refractivity contribution in [3.63, 3.8) is 0 Å². The van der Waals surface area contributed by atoms with Gasteiger partial charge in [-0.3, -0.25) is 4.79 Å². The van der Waals surface area contributed by atoms with E-state index in [1.165, 1.54) is 36.4 Å². The Morgan fingerprint density at radius 2 is 1.92 bits per heavy atom. The number of rotatable bonds is 4. The maximum absolute atomic E-state index is 12.2. The SMILES string of the molecule is CC1(NC(=O)C=Cc2ccc(SC(F)(F)F)cc2)CCS(=O)(=O)C1. The number of hydrogen-bond donors (Lipinski definition) is 1. The monoisotopic (exact) mass is 379 g/mol. The van der Waals surface area contributed by atoms with Crippen molar-refractivity contribution in [1.29, 1.82) is 0 Å². The van der Waals surface area contributed by atoms with Crippen LogP contribution in [0, 0.1) is 0 Å². The van der Waals surface area contributed by atoms with Gasteiger partial charge < -0.3 is 5.32 Å². The predicted octanol–water partition coefficient (Wildman–Crippen LogP) is 3.01. The van der Waals surface area contributed by atoms with Gasteiger partial charge in [0.2, 0.25) is 5.91 Å². The third-order valence-electron chi connectivity index (χ3n) is 3.47. The van der Waals surface area contributed by atoms with E-state index in [1.807, 2.05) is 0 Å². The average Bonchev–Trinajstić information content (AvgIpc) is 2.70. The van der Waals surface area contributed by atoms with Gasteiger partial charge in [-0.25, -0.2) is 8.42 Å². The second kappa shape index (κ2) is 6.79. The molecule has 1 fully saturated rings. The summed E-state index contributed by atoms with van der Waals surface area (Å²) in [7, 11) is -3.12. The summed E-state index contributed by atoms with van der Waals surface area (Å²) in [6.45, 7) is 1.67. The summed E-state index contributed by atoms with van der Waals surface area (Å²) in [5.74, 6) is -0.488. The molecule has 1 aliphatic rings. The third-order valence-corrected chi connectivity index (χ3v) is 6.11. The van der Waals surface area contributed by atoms with Gasteiger partial charge in [-0.1, -0.05) is 12.1 Å². The molecule has 2 rings (SSSR count). The first-order valence-electron chi connectivity index (χ1n) is 7.03. The van der Waals surface area contributed by atoms with Crippen molar-refractivity contribution < 1.29 is 26.4 Å². The number of sulfone groups is 1. The molecular formula is C15H16F3NO3S2. The van der Waals surface area contributed by atoms with Crippen molar-refractivity contribution in [2.24, 2.45) is 0 Å². The molecule has 0 spiro atoms. The zero-order valence-electron chi connectivity index (χ0n) is 12.8. The van der Waals surface area contributed by atoms with E-state index in [1.54, 1.807) is 6.92 Å². The van der Waals surface area contributed by atoms with Crippen LogP contribution >= 0.6 is 11.8 Å². The molecule has 1 atom stereocenters. The quantitative estimate of drug-likeness (QED) is 0.645. The van der Waals surface area contributed by atoms with Crippen LogP contribution in [0.5, 0.6) is 0 Å². The van der Waals surface area contributed by atoms with E-state index >= 15 is 0 Å². The van der Waals surface area contributed by atoms with Crippen molar-refractivity contribution in [3.05, 3.63) is 35.9 Å². The fourth-order valence-corrected chi connectivity index (χ4v) is 5.03. The van der Waals surface area contributed by atoms with E-state index < -0.39 is 26.8 Å². The Morgan fingerprint density at radius 3 is 2.42 bits per heavy atom. The molecule has 1 aromatic rings. The molecule has 0 aliphatic carbocycles. The highest BCUT2D eigenvalue weighted by Gasteiger charge is 2.39. The molecule has 0 saturated carbocycles. The molecule has 4 nitrogen and oxygen atoms in total. The van der Waals surface area contributed by atoms with E-state index in [4.69, 9.17) is 0 Å². The molecular weight excluding hydrogens is 363 g/mol. The fourth-order valence-electron chi connectivity index (χ4n) is 2.40. The number of carbonyl (C=O) groups excluding carboxylic acids is 1. The summed E-state index contributed by atoms with van der Waals surface area (Å²) in [5.41, 5.74) is -4.55. The maximum atomic E-state index is 12.2. The highest BCUT2D eigenvalue weighted by Crippen LogP contribution is 2.36. The predicted molar refractivity (Wildman–Crippen MR) is 87.2 cm³/mol.